The molecule has 2 aliphatic carbocycles. The summed E-state index contributed by atoms with van der Waals surface area (Å²) in [4.78, 5) is 34.3. The summed E-state index contributed by atoms with van der Waals surface area (Å²) in [5, 5.41) is 0. The summed E-state index contributed by atoms with van der Waals surface area (Å²) in [7, 11) is 0. The van der Waals surface area contributed by atoms with Crippen LogP contribution in [0, 0.1) is 0 Å². The Labute approximate surface area is 97.9 Å². The summed E-state index contributed by atoms with van der Waals surface area (Å²) in [5.41, 5.74) is 1.11. The largest absolute Gasteiger partial charge is 0.462 e. The standard InChI is InChI=1S/C13H10O4/c1-2-17-13(16)9-5-8-3-4-10(14)7-11(8)12(15)6-9/h3-7H,2H2,1H3. The molecule has 2 aliphatic rings. The number of ketones is 2. The molecule has 0 fully saturated rings. The quantitative estimate of drug-likeness (QED) is 0.665. The third-order valence-electron chi connectivity index (χ3n) is 2.40. The molecule has 0 aromatic heterocycles. The molecule has 4 nitrogen and oxygen atoms in total. The van der Waals surface area contributed by atoms with Gasteiger partial charge >= 0.3 is 5.97 Å². The summed E-state index contributed by atoms with van der Waals surface area (Å²) >= 11 is 0. The van der Waals surface area contributed by atoms with Gasteiger partial charge < -0.3 is 4.74 Å². The second kappa shape index (κ2) is 4.33. The molecule has 0 unspecified atom stereocenters. The van der Waals surface area contributed by atoms with Crippen LogP contribution in [0.25, 0.3) is 0 Å². The molecule has 0 saturated heterocycles. The number of carbonyl (C=O) groups is 3. The normalized spacial score (nSPS) is 18.1. The van der Waals surface area contributed by atoms with E-state index in [0.717, 1.165) is 0 Å². The van der Waals surface area contributed by atoms with Crippen molar-refractivity contribution in [3.8, 4) is 0 Å². The van der Waals surface area contributed by atoms with Crippen LogP contribution in [0.15, 0.2) is 47.1 Å². The van der Waals surface area contributed by atoms with Gasteiger partial charge in [0.2, 0.25) is 0 Å². The van der Waals surface area contributed by atoms with E-state index in [9.17, 15) is 14.4 Å². The molecule has 0 bridgehead atoms. The van der Waals surface area contributed by atoms with Gasteiger partial charge in [-0.2, -0.15) is 0 Å². The molecule has 0 aromatic carbocycles. The SMILES string of the molecule is CCOC(=O)C1=CC(=O)C2=CC(=O)C=CC2=C1. The highest BCUT2D eigenvalue weighted by Crippen LogP contribution is 2.25. The number of ether oxygens (including phenoxy) is 1. The van der Waals surface area contributed by atoms with Gasteiger partial charge in [-0.1, -0.05) is 6.08 Å². The van der Waals surface area contributed by atoms with Crippen LogP contribution in [0.3, 0.4) is 0 Å². The van der Waals surface area contributed by atoms with E-state index in [0.29, 0.717) is 11.1 Å². The fourth-order valence-corrected chi connectivity index (χ4v) is 1.64. The van der Waals surface area contributed by atoms with Crippen LogP contribution in [-0.4, -0.2) is 24.1 Å². The maximum atomic E-state index is 11.7. The number of hydrogen-bond acceptors (Lipinski definition) is 4. The number of esters is 1. The zero-order valence-electron chi connectivity index (χ0n) is 9.23. The van der Waals surface area contributed by atoms with Crippen molar-refractivity contribution in [1.29, 1.82) is 0 Å². The Morgan fingerprint density at radius 1 is 1.18 bits per heavy atom. The van der Waals surface area contributed by atoms with E-state index in [4.69, 9.17) is 4.74 Å². The van der Waals surface area contributed by atoms with Crippen LogP contribution in [0.2, 0.25) is 0 Å². The van der Waals surface area contributed by atoms with E-state index in [1.54, 1.807) is 13.0 Å². The summed E-state index contributed by atoms with van der Waals surface area (Å²) in [6.45, 7) is 1.95. The number of fused-ring (bicyclic) bond motifs is 1. The first kappa shape index (κ1) is 11.3. The van der Waals surface area contributed by atoms with Gasteiger partial charge in [0.25, 0.3) is 0 Å². The van der Waals surface area contributed by atoms with Crippen LogP contribution in [0.1, 0.15) is 6.92 Å². The molecule has 17 heavy (non-hydrogen) atoms. The molecule has 0 saturated carbocycles. The second-order valence-electron chi connectivity index (χ2n) is 3.58. The van der Waals surface area contributed by atoms with E-state index >= 15 is 0 Å². The minimum atomic E-state index is -0.530. The molecule has 0 atom stereocenters. The lowest BCUT2D eigenvalue weighted by atomic mass is 9.89. The van der Waals surface area contributed by atoms with Gasteiger partial charge in [0.15, 0.2) is 11.6 Å². The molecule has 4 heteroatoms. The Hall–Kier alpha value is -2.23. The lowest BCUT2D eigenvalue weighted by Crippen LogP contribution is -2.16. The zero-order chi connectivity index (χ0) is 12.4. The van der Waals surface area contributed by atoms with Crippen molar-refractivity contribution in [2.75, 3.05) is 6.61 Å². The maximum Gasteiger partial charge on any atom is 0.338 e. The molecule has 0 aromatic rings. The van der Waals surface area contributed by atoms with Crippen molar-refractivity contribution in [2.45, 2.75) is 6.92 Å². The zero-order valence-corrected chi connectivity index (χ0v) is 9.23. The van der Waals surface area contributed by atoms with Crippen molar-refractivity contribution in [3.05, 3.63) is 47.1 Å². The molecular formula is C13H10O4. The number of allylic oxidation sites excluding steroid dienone is 6. The third-order valence-corrected chi connectivity index (χ3v) is 2.40. The van der Waals surface area contributed by atoms with Gasteiger partial charge in [-0.3, -0.25) is 9.59 Å². The van der Waals surface area contributed by atoms with Crippen molar-refractivity contribution in [1.82, 2.24) is 0 Å². The highest BCUT2D eigenvalue weighted by Gasteiger charge is 2.23. The average molecular weight is 230 g/mol. The molecule has 2 rings (SSSR count). The number of carbonyl (C=O) groups excluding carboxylic acids is 3. The number of rotatable bonds is 2. The third kappa shape index (κ3) is 2.15. The highest BCUT2D eigenvalue weighted by atomic mass is 16.5. The Morgan fingerprint density at radius 3 is 2.65 bits per heavy atom. The molecule has 0 amide bonds. The smallest absolute Gasteiger partial charge is 0.338 e. The fraction of sp³-hybridized carbons (Fsp3) is 0.154. The Bertz CT molecular complexity index is 530. The van der Waals surface area contributed by atoms with Gasteiger partial charge in [0.05, 0.1) is 12.2 Å². The maximum absolute atomic E-state index is 11.7. The molecule has 0 heterocycles. The molecule has 86 valence electrons. The van der Waals surface area contributed by atoms with Gasteiger partial charge in [-0.05, 0) is 30.7 Å². The predicted octanol–water partition coefficient (Wildman–Crippen LogP) is 1.05. The van der Waals surface area contributed by atoms with Crippen LogP contribution >= 0.6 is 0 Å². The minimum absolute atomic E-state index is 0.211. The van der Waals surface area contributed by atoms with Crippen molar-refractivity contribution < 1.29 is 19.1 Å². The first-order valence-corrected chi connectivity index (χ1v) is 5.21. The van der Waals surface area contributed by atoms with E-state index in [1.165, 1.54) is 24.3 Å². The van der Waals surface area contributed by atoms with Crippen molar-refractivity contribution in [2.24, 2.45) is 0 Å². The fourth-order valence-electron chi connectivity index (χ4n) is 1.64. The Kier molecular flexibility index (Phi) is 2.87. The van der Waals surface area contributed by atoms with Crippen molar-refractivity contribution in [3.63, 3.8) is 0 Å². The minimum Gasteiger partial charge on any atom is -0.462 e. The first-order chi connectivity index (χ1) is 8.11. The summed E-state index contributed by atoms with van der Waals surface area (Å²) < 4.78 is 4.82. The Morgan fingerprint density at radius 2 is 1.94 bits per heavy atom. The molecule has 0 radical (unpaired) electrons. The van der Waals surface area contributed by atoms with Crippen LogP contribution in [-0.2, 0) is 19.1 Å². The van der Waals surface area contributed by atoms with Crippen LogP contribution in [0.5, 0.6) is 0 Å². The van der Waals surface area contributed by atoms with E-state index in [2.05, 4.69) is 0 Å². The van der Waals surface area contributed by atoms with E-state index < -0.39 is 5.97 Å². The summed E-state index contributed by atoms with van der Waals surface area (Å²) in [6, 6.07) is 0. The average Bonchev–Trinajstić information content (AvgIpc) is 2.30. The topological polar surface area (TPSA) is 60.4 Å². The van der Waals surface area contributed by atoms with Gasteiger partial charge in [0, 0.05) is 11.6 Å². The lowest BCUT2D eigenvalue weighted by Gasteiger charge is -2.14. The number of hydrogen-bond donors (Lipinski definition) is 0. The first-order valence-electron chi connectivity index (χ1n) is 5.21. The van der Waals surface area contributed by atoms with E-state index in [-0.39, 0.29) is 23.7 Å². The van der Waals surface area contributed by atoms with Crippen molar-refractivity contribution >= 4 is 17.5 Å². The molecule has 0 spiro atoms. The molecule has 0 N–H and O–H groups in total. The second-order valence-corrected chi connectivity index (χ2v) is 3.58. The van der Waals surface area contributed by atoms with Gasteiger partial charge in [-0.25, -0.2) is 4.79 Å². The Balaban J connectivity index is 2.35. The van der Waals surface area contributed by atoms with Gasteiger partial charge in [-0.15, -0.1) is 0 Å². The summed E-state index contributed by atoms with van der Waals surface area (Å²) in [5.74, 6) is -1.10. The molecule has 0 aliphatic heterocycles. The highest BCUT2D eigenvalue weighted by molar-refractivity contribution is 6.19. The van der Waals surface area contributed by atoms with Crippen LogP contribution < -0.4 is 0 Å². The van der Waals surface area contributed by atoms with Crippen LogP contribution in [0.4, 0.5) is 0 Å². The summed E-state index contributed by atoms with van der Waals surface area (Å²) in [6.07, 6.45) is 6.90. The van der Waals surface area contributed by atoms with E-state index in [1.807, 2.05) is 0 Å². The predicted molar refractivity (Wildman–Crippen MR) is 60.0 cm³/mol. The monoisotopic (exact) mass is 230 g/mol. The van der Waals surface area contributed by atoms with Gasteiger partial charge in [0.1, 0.15) is 0 Å². The molecular weight excluding hydrogens is 220 g/mol. The lowest BCUT2D eigenvalue weighted by molar-refractivity contribution is -0.138.